The number of hydrogen-bond acceptors (Lipinski definition) is 3. The summed E-state index contributed by atoms with van der Waals surface area (Å²) in [6.45, 7) is 6.51. The van der Waals surface area contributed by atoms with Crippen molar-refractivity contribution in [2.45, 2.75) is 38.2 Å². The van der Waals surface area contributed by atoms with Crippen molar-refractivity contribution >= 4 is 0 Å². The van der Waals surface area contributed by atoms with Crippen molar-refractivity contribution in [3.63, 3.8) is 0 Å². The van der Waals surface area contributed by atoms with Gasteiger partial charge in [0.25, 0.3) is 0 Å². The number of aliphatic hydroxyl groups excluding tert-OH is 1. The van der Waals surface area contributed by atoms with E-state index in [2.05, 4.69) is 17.4 Å². The zero-order valence-corrected chi connectivity index (χ0v) is 11.3. The van der Waals surface area contributed by atoms with E-state index in [-0.39, 0.29) is 11.5 Å². The molecule has 1 unspecified atom stereocenters. The first-order valence-corrected chi connectivity index (χ1v) is 6.81. The molecular weight excluding hydrogens is 226 g/mol. The Morgan fingerprint density at radius 2 is 1.89 bits per heavy atom. The Morgan fingerprint density at radius 1 is 1.28 bits per heavy atom. The number of aliphatic hydroxyl groups is 1. The fourth-order valence-electron chi connectivity index (χ4n) is 2.87. The monoisotopic (exact) mass is 249 g/mol. The summed E-state index contributed by atoms with van der Waals surface area (Å²) in [4.78, 5) is 0. The maximum absolute atomic E-state index is 10.2. The normalized spacial score (nSPS) is 20.4. The van der Waals surface area contributed by atoms with Gasteiger partial charge in [0.2, 0.25) is 0 Å². The lowest BCUT2D eigenvalue weighted by atomic mass is 9.69. The SMILES string of the molecule is CCOc1ccc(C2(C(C)O)CCNCC2)cc1. The van der Waals surface area contributed by atoms with Crippen molar-refractivity contribution in [2.24, 2.45) is 0 Å². The number of benzene rings is 1. The third-order valence-corrected chi connectivity index (χ3v) is 4.04. The summed E-state index contributed by atoms with van der Waals surface area (Å²) in [7, 11) is 0. The molecule has 1 saturated heterocycles. The average molecular weight is 249 g/mol. The number of rotatable bonds is 4. The van der Waals surface area contributed by atoms with E-state index in [0.717, 1.165) is 31.7 Å². The Morgan fingerprint density at radius 3 is 2.39 bits per heavy atom. The van der Waals surface area contributed by atoms with Crippen LogP contribution in [0.1, 0.15) is 32.3 Å². The van der Waals surface area contributed by atoms with Crippen LogP contribution in [0.25, 0.3) is 0 Å². The minimum Gasteiger partial charge on any atom is -0.494 e. The van der Waals surface area contributed by atoms with Crippen LogP contribution in [-0.4, -0.2) is 30.9 Å². The molecule has 18 heavy (non-hydrogen) atoms. The Balaban J connectivity index is 2.25. The van der Waals surface area contributed by atoms with Crippen LogP contribution in [0.15, 0.2) is 24.3 Å². The zero-order chi connectivity index (χ0) is 13.0. The Bertz CT molecular complexity index is 367. The van der Waals surface area contributed by atoms with Gasteiger partial charge in [0.05, 0.1) is 12.7 Å². The van der Waals surface area contributed by atoms with E-state index < -0.39 is 0 Å². The molecule has 1 aliphatic heterocycles. The van der Waals surface area contributed by atoms with Crippen LogP contribution in [0.4, 0.5) is 0 Å². The lowest BCUT2D eigenvalue weighted by molar-refractivity contribution is 0.0732. The second-order valence-corrected chi connectivity index (χ2v) is 5.04. The van der Waals surface area contributed by atoms with Gasteiger partial charge in [-0.2, -0.15) is 0 Å². The molecule has 1 aromatic carbocycles. The van der Waals surface area contributed by atoms with E-state index in [9.17, 15) is 5.11 Å². The van der Waals surface area contributed by atoms with Gasteiger partial charge in [0.1, 0.15) is 5.75 Å². The minimum atomic E-state index is -0.322. The average Bonchev–Trinajstić information content (AvgIpc) is 2.40. The van der Waals surface area contributed by atoms with Crippen LogP contribution in [-0.2, 0) is 5.41 Å². The predicted molar refractivity (Wildman–Crippen MR) is 73.1 cm³/mol. The predicted octanol–water partition coefficient (Wildman–Crippen LogP) is 2.09. The van der Waals surface area contributed by atoms with E-state index in [1.165, 1.54) is 5.56 Å². The van der Waals surface area contributed by atoms with E-state index in [1.54, 1.807) is 0 Å². The molecule has 1 aliphatic rings. The molecule has 1 fully saturated rings. The molecule has 0 radical (unpaired) electrons. The Hall–Kier alpha value is -1.06. The smallest absolute Gasteiger partial charge is 0.119 e. The Kier molecular flexibility index (Phi) is 4.25. The quantitative estimate of drug-likeness (QED) is 0.858. The summed E-state index contributed by atoms with van der Waals surface area (Å²) in [6, 6.07) is 8.21. The molecule has 1 atom stereocenters. The van der Waals surface area contributed by atoms with Gasteiger partial charge < -0.3 is 15.2 Å². The van der Waals surface area contributed by atoms with Crippen molar-refractivity contribution in [3.05, 3.63) is 29.8 Å². The molecule has 0 spiro atoms. The minimum absolute atomic E-state index is 0.101. The molecule has 0 saturated carbocycles. The largest absolute Gasteiger partial charge is 0.494 e. The third kappa shape index (κ3) is 2.52. The van der Waals surface area contributed by atoms with Crippen LogP contribution in [0, 0.1) is 0 Å². The molecule has 1 aromatic rings. The van der Waals surface area contributed by atoms with Crippen LogP contribution in [0.5, 0.6) is 5.75 Å². The summed E-state index contributed by atoms with van der Waals surface area (Å²) >= 11 is 0. The molecule has 2 N–H and O–H groups in total. The lowest BCUT2D eigenvalue weighted by Crippen LogP contribution is -2.46. The fraction of sp³-hybridized carbons (Fsp3) is 0.600. The first-order valence-electron chi connectivity index (χ1n) is 6.81. The van der Waals surface area contributed by atoms with E-state index >= 15 is 0 Å². The maximum Gasteiger partial charge on any atom is 0.119 e. The first kappa shape index (κ1) is 13.4. The molecule has 0 amide bonds. The van der Waals surface area contributed by atoms with Gasteiger partial charge in [-0.1, -0.05) is 12.1 Å². The molecule has 100 valence electrons. The van der Waals surface area contributed by atoms with Crippen LogP contribution in [0.3, 0.4) is 0 Å². The van der Waals surface area contributed by atoms with Gasteiger partial charge >= 0.3 is 0 Å². The molecule has 0 aliphatic carbocycles. The highest BCUT2D eigenvalue weighted by Crippen LogP contribution is 2.37. The summed E-state index contributed by atoms with van der Waals surface area (Å²) in [5.74, 6) is 0.899. The van der Waals surface area contributed by atoms with Gasteiger partial charge in [-0.25, -0.2) is 0 Å². The molecule has 1 heterocycles. The number of hydrogen-bond donors (Lipinski definition) is 2. The highest BCUT2D eigenvalue weighted by Gasteiger charge is 2.38. The maximum atomic E-state index is 10.2. The van der Waals surface area contributed by atoms with Crippen LogP contribution in [0.2, 0.25) is 0 Å². The standard InChI is InChI=1S/C15H23NO2/c1-3-18-14-6-4-13(5-7-14)15(12(2)17)8-10-16-11-9-15/h4-7,12,16-17H,3,8-11H2,1-2H3. The highest BCUT2D eigenvalue weighted by atomic mass is 16.5. The van der Waals surface area contributed by atoms with Crippen LogP contribution < -0.4 is 10.1 Å². The number of piperidine rings is 1. The van der Waals surface area contributed by atoms with E-state index in [1.807, 2.05) is 26.0 Å². The van der Waals surface area contributed by atoms with Gasteiger partial charge in [-0.3, -0.25) is 0 Å². The van der Waals surface area contributed by atoms with Crippen molar-refractivity contribution in [1.29, 1.82) is 0 Å². The number of ether oxygens (including phenoxy) is 1. The zero-order valence-electron chi connectivity index (χ0n) is 11.3. The van der Waals surface area contributed by atoms with Gasteiger partial charge in [0.15, 0.2) is 0 Å². The fourth-order valence-corrected chi connectivity index (χ4v) is 2.87. The molecule has 3 nitrogen and oxygen atoms in total. The second-order valence-electron chi connectivity index (χ2n) is 5.04. The second kappa shape index (κ2) is 5.72. The summed E-state index contributed by atoms with van der Waals surface area (Å²) in [5, 5.41) is 13.6. The van der Waals surface area contributed by atoms with Gasteiger partial charge in [-0.15, -0.1) is 0 Å². The molecular formula is C15H23NO2. The van der Waals surface area contributed by atoms with Crippen molar-refractivity contribution in [2.75, 3.05) is 19.7 Å². The van der Waals surface area contributed by atoms with Crippen molar-refractivity contribution in [1.82, 2.24) is 5.32 Å². The topological polar surface area (TPSA) is 41.5 Å². The highest BCUT2D eigenvalue weighted by molar-refractivity contribution is 5.34. The van der Waals surface area contributed by atoms with Crippen molar-refractivity contribution < 1.29 is 9.84 Å². The number of nitrogens with one attached hydrogen (secondary N) is 1. The summed E-state index contributed by atoms with van der Waals surface area (Å²) < 4.78 is 5.47. The third-order valence-electron chi connectivity index (χ3n) is 4.04. The van der Waals surface area contributed by atoms with E-state index in [4.69, 9.17) is 4.74 Å². The molecule has 2 rings (SSSR count). The molecule has 3 heteroatoms. The van der Waals surface area contributed by atoms with Gasteiger partial charge in [-0.05, 0) is 57.5 Å². The molecule has 0 bridgehead atoms. The van der Waals surface area contributed by atoms with E-state index in [0.29, 0.717) is 6.61 Å². The lowest BCUT2D eigenvalue weighted by Gasteiger charge is -2.40. The first-order chi connectivity index (χ1) is 8.69. The van der Waals surface area contributed by atoms with Crippen molar-refractivity contribution in [3.8, 4) is 5.75 Å². The summed E-state index contributed by atoms with van der Waals surface area (Å²) in [5.41, 5.74) is 1.12. The summed E-state index contributed by atoms with van der Waals surface area (Å²) in [6.07, 6.45) is 1.65. The Labute approximate surface area is 109 Å². The van der Waals surface area contributed by atoms with Gasteiger partial charge in [0, 0.05) is 5.41 Å². The molecule has 0 aromatic heterocycles. The van der Waals surface area contributed by atoms with Crippen LogP contribution >= 0.6 is 0 Å².